The van der Waals surface area contributed by atoms with Gasteiger partial charge in [0.15, 0.2) is 11.6 Å². The van der Waals surface area contributed by atoms with Crippen molar-refractivity contribution in [2.45, 2.75) is 17.2 Å². The summed E-state index contributed by atoms with van der Waals surface area (Å²) in [5.74, 6) is -2.57. The molecule has 188 valence electrons. The summed E-state index contributed by atoms with van der Waals surface area (Å²) in [7, 11) is 0. The fraction of sp³-hybridized carbons (Fsp3) is 0.167. The van der Waals surface area contributed by atoms with E-state index in [4.69, 9.17) is 55.9 Å². The Morgan fingerprint density at radius 2 is 1.67 bits per heavy atom. The maximum Gasteiger partial charge on any atom is 0.416 e. The van der Waals surface area contributed by atoms with E-state index in [-0.39, 0.29) is 26.4 Å². The van der Waals surface area contributed by atoms with Gasteiger partial charge in [-0.15, -0.1) is 11.6 Å². The second-order valence-electron chi connectivity index (χ2n) is 7.24. The Morgan fingerprint density at radius 1 is 0.972 bits per heavy atom. The van der Waals surface area contributed by atoms with Crippen LogP contribution in [0.4, 0.5) is 17.6 Å². The van der Waals surface area contributed by atoms with E-state index >= 15 is 0 Å². The zero-order valence-corrected chi connectivity index (χ0v) is 20.8. The minimum Gasteiger partial charge on any atom is -0.490 e. The molecule has 0 saturated heterocycles. The van der Waals surface area contributed by atoms with Crippen LogP contribution in [0.25, 0.3) is 0 Å². The smallest absolute Gasteiger partial charge is 0.416 e. The molecule has 3 rings (SSSR count). The topological polar surface area (TPSA) is 59.3 Å². The van der Waals surface area contributed by atoms with E-state index in [1.165, 1.54) is 36.4 Å². The first kappa shape index (κ1) is 27.9. The van der Waals surface area contributed by atoms with E-state index < -0.39 is 46.7 Å². The van der Waals surface area contributed by atoms with E-state index in [2.05, 4.69) is 0 Å². The van der Waals surface area contributed by atoms with Gasteiger partial charge < -0.3 is 9.47 Å². The molecule has 0 spiro atoms. The highest BCUT2D eigenvalue weighted by Crippen LogP contribution is 2.38. The van der Waals surface area contributed by atoms with Crippen molar-refractivity contribution < 1.29 is 31.8 Å². The third-order valence-corrected chi connectivity index (χ3v) is 6.01. The Bertz CT molecular complexity index is 1330. The number of benzene rings is 3. The number of halogens is 8. The second-order valence-corrected chi connectivity index (χ2v) is 9.01. The molecule has 3 aromatic carbocycles. The van der Waals surface area contributed by atoms with Crippen molar-refractivity contribution in [3.05, 3.63) is 92.7 Å². The predicted octanol–water partition coefficient (Wildman–Crippen LogP) is 7.86. The third kappa shape index (κ3) is 5.98. The molecular formula is C24H13Cl4F4NO3. The molecular weight excluding hydrogens is 568 g/mol. The van der Waals surface area contributed by atoms with Crippen molar-refractivity contribution in [2.24, 2.45) is 0 Å². The largest absolute Gasteiger partial charge is 0.490 e. The monoisotopic (exact) mass is 579 g/mol. The number of para-hydroxylation sites is 1. The molecule has 0 fully saturated rings. The SMILES string of the molecule is N#CC(Oc1ccccc1F)(C(=O)C(Cl)COc1ccc(C(F)(F)F)cc1Cl)c1ccc(Cl)cc1Cl. The van der Waals surface area contributed by atoms with Gasteiger partial charge in [0.1, 0.15) is 23.8 Å². The van der Waals surface area contributed by atoms with Crippen LogP contribution in [-0.4, -0.2) is 17.8 Å². The number of hydrogen-bond donors (Lipinski definition) is 0. The number of Topliss-reactive ketones (excluding diaryl/α,β-unsaturated/α-hetero) is 1. The van der Waals surface area contributed by atoms with Crippen LogP contribution >= 0.6 is 46.4 Å². The van der Waals surface area contributed by atoms with Gasteiger partial charge in [0.05, 0.1) is 15.6 Å². The van der Waals surface area contributed by atoms with Crippen molar-refractivity contribution in [3.63, 3.8) is 0 Å². The average molecular weight is 581 g/mol. The summed E-state index contributed by atoms with van der Waals surface area (Å²) in [5, 5.41) is 8.16. The van der Waals surface area contributed by atoms with Gasteiger partial charge in [-0.1, -0.05) is 53.0 Å². The lowest BCUT2D eigenvalue weighted by molar-refractivity contribution is -0.137. The third-order valence-electron chi connectivity index (χ3n) is 4.84. The standard InChI is InChI=1S/C24H13Cl4F4NO3/c25-14-6-7-15(16(26)10-14)23(12-33,36-21-4-2-1-3-19(21)29)22(34)18(28)11-35-20-8-5-13(9-17(20)27)24(30,31)32/h1-10,18H,11H2. The van der Waals surface area contributed by atoms with Gasteiger partial charge in [-0.25, -0.2) is 4.39 Å². The number of carbonyl (C=O) groups excluding carboxylic acids is 1. The Hall–Kier alpha value is -2.70. The number of rotatable bonds is 8. The molecule has 4 nitrogen and oxygen atoms in total. The molecule has 2 unspecified atom stereocenters. The van der Waals surface area contributed by atoms with E-state index in [1.807, 2.05) is 0 Å². The van der Waals surface area contributed by atoms with Crippen LogP contribution in [0.15, 0.2) is 60.7 Å². The van der Waals surface area contributed by atoms with Crippen LogP contribution in [0.3, 0.4) is 0 Å². The Morgan fingerprint density at radius 3 is 2.25 bits per heavy atom. The summed E-state index contributed by atoms with van der Waals surface area (Å²) in [6.07, 6.45) is -4.62. The fourth-order valence-corrected chi connectivity index (χ4v) is 4.09. The van der Waals surface area contributed by atoms with E-state index in [0.717, 1.165) is 18.2 Å². The quantitative estimate of drug-likeness (QED) is 0.201. The van der Waals surface area contributed by atoms with Gasteiger partial charge in [0.25, 0.3) is 5.60 Å². The molecule has 0 saturated carbocycles. The second kappa shape index (κ2) is 11.1. The number of ketones is 1. The molecule has 0 N–H and O–H groups in total. The van der Waals surface area contributed by atoms with Crippen molar-refractivity contribution in [1.29, 1.82) is 5.26 Å². The molecule has 0 aliphatic carbocycles. The Kier molecular flexibility index (Phi) is 8.63. The van der Waals surface area contributed by atoms with Gasteiger partial charge in [-0.2, -0.15) is 18.4 Å². The molecule has 3 aromatic rings. The maximum atomic E-state index is 14.4. The summed E-state index contributed by atoms with van der Waals surface area (Å²) in [4.78, 5) is 13.5. The molecule has 0 aromatic heterocycles. The molecule has 12 heteroatoms. The van der Waals surface area contributed by atoms with Crippen LogP contribution in [-0.2, 0) is 16.6 Å². The highest BCUT2D eigenvalue weighted by molar-refractivity contribution is 6.36. The van der Waals surface area contributed by atoms with Crippen molar-refractivity contribution >= 4 is 52.2 Å². The average Bonchev–Trinajstić information content (AvgIpc) is 2.82. The van der Waals surface area contributed by atoms with Crippen molar-refractivity contribution in [1.82, 2.24) is 0 Å². The number of hydrogen-bond acceptors (Lipinski definition) is 4. The number of nitrogens with zero attached hydrogens (tertiary/aromatic N) is 1. The molecule has 0 bridgehead atoms. The van der Waals surface area contributed by atoms with Gasteiger partial charge in [-0.3, -0.25) is 4.79 Å². The lowest BCUT2D eigenvalue weighted by Gasteiger charge is -2.29. The molecule has 0 heterocycles. The summed E-state index contributed by atoms with van der Waals surface area (Å²) in [6, 6.07) is 13.0. The molecule has 0 radical (unpaired) electrons. The van der Waals surface area contributed by atoms with E-state index in [0.29, 0.717) is 6.07 Å². The highest BCUT2D eigenvalue weighted by atomic mass is 35.5. The van der Waals surface area contributed by atoms with Crippen LogP contribution in [0.5, 0.6) is 11.5 Å². The summed E-state index contributed by atoms with van der Waals surface area (Å²) in [5.41, 5.74) is -3.70. The maximum absolute atomic E-state index is 14.4. The lowest BCUT2D eigenvalue weighted by Crippen LogP contribution is -2.46. The summed E-state index contributed by atoms with van der Waals surface area (Å²) in [6.45, 7) is -0.624. The Balaban J connectivity index is 1.95. The van der Waals surface area contributed by atoms with Crippen molar-refractivity contribution in [2.75, 3.05) is 6.61 Å². The summed E-state index contributed by atoms with van der Waals surface area (Å²) < 4.78 is 63.9. The van der Waals surface area contributed by atoms with Crippen LogP contribution in [0.2, 0.25) is 15.1 Å². The number of alkyl halides is 4. The normalized spacial score (nSPS) is 13.9. The Labute approximate surface area is 222 Å². The highest BCUT2D eigenvalue weighted by Gasteiger charge is 2.48. The number of carbonyl (C=O) groups is 1. The fourth-order valence-electron chi connectivity index (χ4n) is 3.10. The zero-order valence-electron chi connectivity index (χ0n) is 17.8. The number of nitriles is 1. The van der Waals surface area contributed by atoms with Crippen LogP contribution in [0.1, 0.15) is 11.1 Å². The van der Waals surface area contributed by atoms with E-state index in [9.17, 15) is 27.6 Å². The van der Waals surface area contributed by atoms with E-state index in [1.54, 1.807) is 6.07 Å². The predicted molar refractivity (Wildman–Crippen MR) is 127 cm³/mol. The van der Waals surface area contributed by atoms with Crippen molar-refractivity contribution in [3.8, 4) is 17.6 Å². The van der Waals surface area contributed by atoms with Crippen LogP contribution < -0.4 is 9.47 Å². The first-order valence-corrected chi connectivity index (χ1v) is 11.4. The van der Waals surface area contributed by atoms with Gasteiger partial charge in [0.2, 0.25) is 5.78 Å². The summed E-state index contributed by atoms with van der Waals surface area (Å²) >= 11 is 24.3. The van der Waals surface area contributed by atoms with Gasteiger partial charge in [-0.05, 0) is 42.5 Å². The molecule has 36 heavy (non-hydrogen) atoms. The molecule has 2 atom stereocenters. The minimum atomic E-state index is -4.62. The van der Waals surface area contributed by atoms with Gasteiger partial charge in [0, 0.05) is 10.6 Å². The first-order valence-electron chi connectivity index (χ1n) is 9.87. The minimum absolute atomic E-state index is 0.135. The number of ether oxygens (including phenoxy) is 2. The van der Waals surface area contributed by atoms with Crippen LogP contribution in [0, 0.1) is 17.1 Å². The van der Waals surface area contributed by atoms with Gasteiger partial charge >= 0.3 is 6.18 Å². The molecule has 0 aliphatic heterocycles. The molecule has 0 aliphatic rings. The zero-order chi connectivity index (χ0) is 26.7. The molecule has 0 amide bonds. The first-order chi connectivity index (χ1) is 16.9. The lowest BCUT2D eigenvalue weighted by atomic mass is 9.88.